The van der Waals surface area contributed by atoms with Crippen LogP contribution in [0.15, 0.2) is 17.5 Å². The lowest BCUT2D eigenvalue weighted by Crippen LogP contribution is -2.34. The fourth-order valence-electron chi connectivity index (χ4n) is 4.10. The largest absolute Gasteiger partial charge is 0.349 e. The van der Waals surface area contributed by atoms with Crippen LogP contribution >= 0.6 is 11.3 Å². The van der Waals surface area contributed by atoms with Crippen LogP contribution in [0.3, 0.4) is 0 Å². The lowest BCUT2D eigenvalue weighted by molar-refractivity contribution is 0.0939. The standard InChI is InChI=1S/C18H25N3OS/c22-18(19-8-11-20-9-3-4-10-20)16-13-17-15(7-12-23-17)21(16)14-5-1-2-6-14/h7,12-14H,1-6,8-11H2,(H,19,22). The summed E-state index contributed by atoms with van der Waals surface area (Å²) in [5, 5.41) is 5.27. The van der Waals surface area contributed by atoms with Gasteiger partial charge in [-0.15, -0.1) is 11.3 Å². The molecule has 1 saturated carbocycles. The molecular formula is C18H25N3OS. The summed E-state index contributed by atoms with van der Waals surface area (Å²) in [6, 6.07) is 4.75. The van der Waals surface area contributed by atoms with E-state index >= 15 is 0 Å². The minimum absolute atomic E-state index is 0.0968. The molecule has 124 valence electrons. The molecule has 0 radical (unpaired) electrons. The Hall–Kier alpha value is -1.33. The van der Waals surface area contributed by atoms with E-state index in [2.05, 4.69) is 32.3 Å². The molecule has 2 fully saturated rings. The van der Waals surface area contributed by atoms with E-state index in [1.165, 1.54) is 61.8 Å². The van der Waals surface area contributed by atoms with Gasteiger partial charge in [0, 0.05) is 19.1 Å². The average Bonchev–Trinajstić information content (AvgIpc) is 3.30. The fraction of sp³-hybridized carbons (Fsp3) is 0.611. The molecule has 0 unspecified atom stereocenters. The first-order valence-corrected chi connectivity index (χ1v) is 9.80. The van der Waals surface area contributed by atoms with Crippen molar-refractivity contribution in [2.45, 2.75) is 44.6 Å². The van der Waals surface area contributed by atoms with E-state index in [0.717, 1.165) is 18.8 Å². The van der Waals surface area contributed by atoms with Gasteiger partial charge in [0.2, 0.25) is 0 Å². The molecular weight excluding hydrogens is 306 g/mol. The summed E-state index contributed by atoms with van der Waals surface area (Å²) in [5.74, 6) is 0.0968. The van der Waals surface area contributed by atoms with Crippen molar-refractivity contribution in [3.05, 3.63) is 23.2 Å². The van der Waals surface area contributed by atoms with Gasteiger partial charge in [-0.25, -0.2) is 0 Å². The van der Waals surface area contributed by atoms with Crippen LogP contribution in [-0.4, -0.2) is 41.6 Å². The first kappa shape index (κ1) is 15.2. The van der Waals surface area contributed by atoms with Gasteiger partial charge in [0.05, 0.1) is 10.2 Å². The van der Waals surface area contributed by atoms with Crippen molar-refractivity contribution < 1.29 is 4.79 Å². The third-order valence-corrected chi connectivity index (χ3v) is 6.15. The summed E-state index contributed by atoms with van der Waals surface area (Å²) in [4.78, 5) is 15.2. The molecule has 1 amide bonds. The second-order valence-electron chi connectivity index (χ2n) is 6.81. The highest BCUT2D eigenvalue weighted by Gasteiger charge is 2.25. The highest BCUT2D eigenvalue weighted by atomic mass is 32.1. The van der Waals surface area contributed by atoms with Gasteiger partial charge >= 0.3 is 0 Å². The van der Waals surface area contributed by atoms with Gasteiger partial charge in [0.25, 0.3) is 5.91 Å². The maximum Gasteiger partial charge on any atom is 0.268 e. The number of nitrogens with one attached hydrogen (secondary N) is 1. The van der Waals surface area contributed by atoms with Crippen LogP contribution < -0.4 is 5.32 Å². The number of nitrogens with zero attached hydrogens (tertiary/aromatic N) is 2. The molecule has 1 aliphatic heterocycles. The predicted molar refractivity (Wildman–Crippen MR) is 95.3 cm³/mol. The van der Waals surface area contributed by atoms with Gasteiger partial charge < -0.3 is 14.8 Å². The van der Waals surface area contributed by atoms with Crippen LogP contribution in [0, 0.1) is 0 Å². The number of aromatic nitrogens is 1. The zero-order valence-corrected chi connectivity index (χ0v) is 14.4. The maximum absolute atomic E-state index is 12.7. The monoisotopic (exact) mass is 331 g/mol. The zero-order chi connectivity index (χ0) is 15.6. The molecule has 3 heterocycles. The lowest BCUT2D eigenvalue weighted by atomic mass is 10.2. The number of amides is 1. The smallest absolute Gasteiger partial charge is 0.268 e. The SMILES string of the molecule is O=C(NCCN1CCCC1)c1cc2sccc2n1C1CCCC1. The molecule has 2 aromatic heterocycles. The Bertz CT molecular complexity index is 678. The summed E-state index contributed by atoms with van der Waals surface area (Å²) >= 11 is 1.73. The number of hydrogen-bond acceptors (Lipinski definition) is 3. The van der Waals surface area contributed by atoms with Gasteiger partial charge in [0.1, 0.15) is 5.69 Å². The van der Waals surface area contributed by atoms with Crippen LogP contribution in [0.25, 0.3) is 10.2 Å². The summed E-state index contributed by atoms with van der Waals surface area (Å²) in [5.41, 5.74) is 2.10. The van der Waals surface area contributed by atoms with Gasteiger partial charge in [-0.2, -0.15) is 0 Å². The van der Waals surface area contributed by atoms with Gasteiger partial charge in [-0.3, -0.25) is 4.79 Å². The van der Waals surface area contributed by atoms with Crippen molar-refractivity contribution in [2.75, 3.05) is 26.2 Å². The number of carbonyl (C=O) groups excluding carboxylic acids is 1. The molecule has 4 nitrogen and oxygen atoms in total. The van der Waals surface area contributed by atoms with E-state index in [1.54, 1.807) is 11.3 Å². The highest BCUT2D eigenvalue weighted by molar-refractivity contribution is 7.17. The van der Waals surface area contributed by atoms with Crippen molar-refractivity contribution in [3.8, 4) is 0 Å². The van der Waals surface area contributed by atoms with E-state index < -0.39 is 0 Å². The summed E-state index contributed by atoms with van der Waals surface area (Å²) in [6.45, 7) is 4.10. The Labute approximate surface area is 141 Å². The van der Waals surface area contributed by atoms with E-state index in [4.69, 9.17) is 0 Å². The number of likely N-dealkylation sites (tertiary alicyclic amines) is 1. The van der Waals surface area contributed by atoms with E-state index in [-0.39, 0.29) is 5.91 Å². The minimum atomic E-state index is 0.0968. The van der Waals surface area contributed by atoms with Crippen molar-refractivity contribution in [1.82, 2.24) is 14.8 Å². The summed E-state index contributed by atoms with van der Waals surface area (Å²) in [7, 11) is 0. The fourth-order valence-corrected chi connectivity index (χ4v) is 4.91. The highest BCUT2D eigenvalue weighted by Crippen LogP contribution is 2.36. The Balaban J connectivity index is 1.49. The molecule has 1 saturated heterocycles. The Kier molecular flexibility index (Phi) is 4.40. The Morgan fingerprint density at radius 1 is 1.22 bits per heavy atom. The minimum Gasteiger partial charge on any atom is -0.349 e. The molecule has 0 atom stereocenters. The average molecular weight is 331 g/mol. The van der Waals surface area contributed by atoms with Gasteiger partial charge in [-0.1, -0.05) is 12.8 Å². The molecule has 0 bridgehead atoms. The van der Waals surface area contributed by atoms with E-state index in [0.29, 0.717) is 6.04 Å². The van der Waals surface area contributed by atoms with Crippen molar-refractivity contribution >= 4 is 27.5 Å². The first-order valence-electron chi connectivity index (χ1n) is 8.92. The van der Waals surface area contributed by atoms with Crippen molar-refractivity contribution in [2.24, 2.45) is 0 Å². The zero-order valence-electron chi connectivity index (χ0n) is 13.6. The first-order chi connectivity index (χ1) is 11.3. The molecule has 1 N–H and O–H groups in total. The number of hydrogen-bond donors (Lipinski definition) is 1. The van der Waals surface area contributed by atoms with E-state index in [9.17, 15) is 4.79 Å². The second-order valence-corrected chi connectivity index (χ2v) is 7.76. The molecule has 0 aromatic carbocycles. The maximum atomic E-state index is 12.7. The predicted octanol–water partition coefficient (Wildman–Crippen LogP) is 3.64. The van der Waals surface area contributed by atoms with Crippen LogP contribution in [-0.2, 0) is 0 Å². The normalized spacial score (nSPS) is 19.8. The van der Waals surface area contributed by atoms with Crippen LogP contribution in [0.1, 0.15) is 55.1 Å². The van der Waals surface area contributed by atoms with Crippen LogP contribution in [0.5, 0.6) is 0 Å². The molecule has 2 aliphatic rings. The van der Waals surface area contributed by atoms with Crippen LogP contribution in [0.2, 0.25) is 0 Å². The Morgan fingerprint density at radius 2 is 2.00 bits per heavy atom. The summed E-state index contributed by atoms with van der Waals surface area (Å²) < 4.78 is 3.55. The van der Waals surface area contributed by atoms with Gasteiger partial charge in [-0.05, 0) is 56.3 Å². The topological polar surface area (TPSA) is 37.3 Å². The van der Waals surface area contributed by atoms with Crippen LogP contribution in [0.4, 0.5) is 0 Å². The Morgan fingerprint density at radius 3 is 2.78 bits per heavy atom. The van der Waals surface area contributed by atoms with Gasteiger partial charge in [0.15, 0.2) is 0 Å². The number of carbonyl (C=O) groups is 1. The molecule has 5 heteroatoms. The summed E-state index contributed by atoms with van der Waals surface area (Å²) in [6.07, 6.45) is 7.57. The molecule has 0 spiro atoms. The third-order valence-electron chi connectivity index (χ3n) is 5.30. The van der Waals surface area contributed by atoms with E-state index in [1.807, 2.05) is 0 Å². The number of rotatable bonds is 5. The number of fused-ring (bicyclic) bond motifs is 1. The molecule has 23 heavy (non-hydrogen) atoms. The molecule has 2 aromatic rings. The third kappa shape index (κ3) is 3.04. The number of thiophene rings is 1. The second kappa shape index (κ2) is 6.65. The quantitative estimate of drug-likeness (QED) is 0.908. The molecule has 1 aliphatic carbocycles. The molecule has 4 rings (SSSR count). The van der Waals surface area contributed by atoms with Crippen molar-refractivity contribution in [1.29, 1.82) is 0 Å². The van der Waals surface area contributed by atoms with Crippen molar-refractivity contribution in [3.63, 3.8) is 0 Å². The lowest BCUT2D eigenvalue weighted by Gasteiger charge is -2.18.